The SMILES string of the molecule is [2H]C([2H])([2H])Oc1cc2c(cc1OC)C1N(C([2H])([2H])C2([2H])[2H])C([2H])([2H])C([2H])(CC(C)C)C([2H])(O)C1([2H])[2H]. The van der Waals surface area contributed by atoms with Crippen molar-refractivity contribution in [1.29, 1.82) is 0 Å². The Morgan fingerprint density at radius 2 is 2.22 bits per heavy atom. The Hall–Kier alpha value is -1.26. The summed E-state index contributed by atoms with van der Waals surface area (Å²) in [4.78, 5) is 0.254. The van der Waals surface area contributed by atoms with E-state index in [0.29, 0.717) is 0 Å². The fourth-order valence-corrected chi connectivity index (χ4v) is 2.67. The lowest BCUT2D eigenvalue weighted by atomic mass is 9.79. The summed E-state index contributed by atoms with van der Waals surface area (Å²) in [5.41, 5.74) is -0.943. The van der Waals surface area contributed by atoms with Crippen LogP contribution in [0.3, 0.4) is 0 Å². The lowest BCUT2D eigenvalue weighted by Gasteiger charge is -2.46. The average molecular weight is 333 g/mol. The Kier molecular flexibility index (Phi) is 2.02. The van der Waals surface area contributed by atoms with E-state index >= 15 is 0 Å². The first-order chi connectivity index (χ1) is 15.9. The third-order valence-electron chi connectivity index (χ3n) is 3.74. The summed E-state index contributed by atoms with van der Waals surface area (Å²) in [5, 5.41) is 11.2. The van der Waals surface area contributed by atoms with E-state index in [0.717, 1.165) is 19.2 Å². The second-order valence-electron chi connectivity index (χ2n) is 5.88. The minimum Gasteiger partial charge on any atom is -0.493 e. The predicted molar refractivity (Wildman–Crippen MR) is 91.1 cm³/mol. The van der Waals surface area contributed by atoms with Gasteiger partial charge >= 0.3 is 0 Å². The van der Waals surface area contributed by atoms with Crippen LogP contribution < -0.4 is 9.47 Å². The van der Waals surface area contributed by atoms with Crippen molar-refractivity contribution in [2.45, 2.75) is 45.1 Å². The highest BCUT2D eigenvalue weighted by atomic mass is 16.5. The number of rotatable bonds is 4. The van der Waals surface area contributed by atoms with E-state index in [1.54, 1.807) is 13.8 Å². The van der Waals surface area contributed by atoms with Crippen LogP contribution in [-0.4, -0.2) is 43.2 Å². The highest BCUT2D eigenvalue weighted by Crippen LogP contribution is 2.43. The van der Waals surface area contributed by atoms with Crippen molar-refractivity contribution in [3.05, 3.63) is 23.3 Å². The molecule has 1 aromatic carbocycles. The van der Waals surface area contributed by atoms with Gasteiger partial charge in [0.25, 0.3) is 0 Å². The molecule has 0 amide bonds. The predicted octanol–water partition coefficient (Wildman–Crippen LogP) is 3.03. The molecule has 0 saturated carbocycles. The molecule has 0 bridgehead atoms. The Morgan fingerprint density at radius 3 is 2.91 bits per heavy atom. The molecule has 3 unspecified atom stereocenters. The molecule has 4 nitrogen and oxygen atoms in total. The summed E-state index contributed by atoms with van der Waals surface area (Å²) in [6.07, 6.45) is -10.3. The van der Waals surface area contributed by atoms with Crippen LogP contribution in [0.2, 0.25) is 0 Å². The summed E-state index contributed by atoms with van der Waals surface area (Å²) in [5.74, 6) is -4.23. The van der Waals surface area contributed by atoms with E-state index in [2.05, 4.69) is 0 Å². The number of nitrogens with zero attached hydrogens (tertiary/aromatic N) is 1. The molecule has 2 aliphatic rings. The number of ether oxygens (including phenoxy) is 2. The van der Waals surface area contributed by atoms with Crippen molar-refractivity contribution in [1.82, 2.24) is 4.90 Å². The lowest BCUT2D eigenvalue weighted by Crippen LogP contribution is -2.48. The maximum atomic E-state index is 11.2. The van der Waals surface area contributed by atoms with Crippen molar-refractivity contribution < 1.29 is 32.4 Å². The molecule has 1 aromatic rings. The molecule has 1 saturated heterocycles. The molecular weight excluding hydrogens is 290 g/mol. The van der Waals surface area contributed by atoms with Crippen LogP contribution in [0.5, 0.6) is 11.5 Å². The number of hydrogen-bond acceptors (Lipinski definition) is 4. The number of aliphatic hydroxyl groups is 1. The van der Waals surface area contributed by atoms with Gasteiger partial charge in [-0.3, -0.25) is 4.90 Å². The lowest BCUT2D eigenvalue weighted by molar-refractivity contribution is -0.0191. The first kappa shape index (κ1) is 6.93. The van der Waals surface area contributed by atoms with E-state index in [1.807, 2.05) is 0 Å². The van der Waals surface area contributed by atoms with Crippen molar-refractivity contribution in [2.24, 2.45) is 11.8 Å². The van der Waals surface area contributed by atoms with Gasteiger partial charge in [-0.1, -0.05) is 13.8 Å². The molecule has 23 heavy (non-hydrogen) atoms. The third kappa shape index (κ3) is 3.20. The molecule has 3 atom stereocenters. The molecule has 3 rings (SSSR count). The van der Waals surface area contributed by atoms with E-state index < -0.39 is 74.4 Å². The summed E-state index contributed by atoms with van der Waals surface area (Å²) < 4.78 is 119. The highest BCUT2D eigenvalue weighted by Gasteiger charge is 2.38. The van der Waals surface area contributed by atoms with Gasteiger partial charge in [0.2, 0.25) is 0 Å². The normalized spacial score (nSPS) is 51.5. The van der Waals surface area contributed by atoms with E-state index in [1.165, 1.54) is 0 Å². The molecular formula is C19H29NO3. The molecule has 4 heteroatoms. The Morgan fingerprint density at radius 1 is 1.43 bits per heavy atom. The van der Waals surface area contributed by atoms with E-state index in [4.69, 9.17) is 27.3 Å². The topological polar surface area (TPSA) is 41.9 Å². The standard InChI is InChI=1S/C19H29NO3/c1-12(2)7-14-11-20-6-5-13-8-18(22-3)19(23-4)9-15(13)16(20)10-17(14)21/h8-9,12,14,16-17,21H,5-7,10-11H2,1-4H3/i3D3,5D2,6D2,10D2,11D2,14D,17D. The molecule has 0 aromatic heterocycles. The Balaban J connectivity index is 2.45. The quantitative estimate of drug-likeness (QED) is 0.920. The van der Waals surface area contributed by atoms with Gasteiger partial charge in [0, 0.05) is 31.4 Å². The fourth-order valence-electron chi connectivity index (χ4n) is 2.67. The monoisotopic (exact) mass is 332 g/mol. The first-order valence-corrected chi connectivity index (χ1v) is 7.35. The summed E-state index contributed by atoms with van der Waals surface area (Å²) in [6.45, 7) is -3.44. The minimum absolute atomic E-state index is 0.254. The van der Waals surface area contributed by atoms with Gasteiger partial charge in [-0.15, -0.1) is 0 Å². The van der Waals surface area contributed by atoms with Gasteiger partial charge in [0.15, 0.2) is 11.5 Å². The van der Waals surface area contributed by atoms with Crippen LogP contribution in [0.15, 0.2) is 12.1 Å². The van der Waals surface area contributed by atoms with Gasteiger partial charge in [0.05, 0.1) is 25.7 Å². The van der Waals surface area contributed by atoms with Crippen molar-refractivity contribution in [3.8, 4) is 11.5 Å². The Labute approximate surface area is 157 Å². The summed E-state index contributed by atoms with van der Waals surface area (Å²) in [6, 6.07) is -0.267. The van der Waals surface area contributed by atoms with Crippen LogP contribution >= 0.6 is 0 Å². The van der Waals surface area contributed by atoms with Crippen LogP contribution in [0, 0.1) is 11.8 Å². The zero-order chi connectivity index (χ0) is 28.1. The van der Waals surface area contributed by atoms with Crippen molar-refractivity contribution in [3.63, 3.8) is 0 Å². The number of piperidine rings is 1. The Bertz CT molecular complexity index is 1040. The van der Waals surface area contributed by atoms with Gasteiger partial charge in [-0.25, -0.2) is 0 Å². The van der Waals surface area contributed by atoms with Gasteiger partial charge in [0.1, 0.15) is 0 Å². The third-order valence-corrected chi connectivity index (χ3v) is 3.74. The average Bonchev–Trinajstić information content (AvgIpc) is 2.67. The largest absolute Gasteiger partial charge is 0.493 e. The number of fused-ring (bicyclic) bond motifs is 3. The highest BCUT2D eigenvalue weighted by molar-refractivity contribution is 5.49. The first-order valence-electron chi connectivity index (χ1n) is 13.8. The summed E-state index contributed by atoms with van der Waals surface area (Å²) >= 11 is 0. The molecule has 2 heterocycles. The van der Waals surface area contributed by atoms with Gasteiger partial charge in [-0.05, 0) is 54.2 Å². The van der Waals surface area contributed by atoms with Gasteiger partial charge < -0.3 is 14.6 Å². The minimum atomic E-state index is -3.42. The molecule has 0 aliphatic carbocycles. The van der Waals surface area contributed by atoms with E-state index in [-0.39, 0.29) is 16.2 Å². The van der Waals surface area contributed by atoms with Crippen LogP contribution in [0.25, 0.3) is 0 Å². The zero-order valence-electron chi connectivity index (χ0n) is 26.2. The number of hydrogen-bond donors (Lipinski definition) is 1. The van der Waals surface area contributed by atoms with Crippen LogP contribution in [-0.2, 0) is 6.37 Å². The second-order valence-corrected chi connectivity index (χ2v) is 5.88. The molecule has 0 spiro atoms. The van der Waals surface area contributed by atoms with Crippen molar-refractivity contribution in [2.75, 3.05) is 27.1 Å². The summed E-state index contributed by atoms with van der Waals surface area (Å²) in [7, 11) is -1.86. The van der Waals surface area contributed by atoms with Crippen LogP contribution in [0.4, 0.5) is 0 Å². The number of benzene rings is 1. The maximum absolute atomic E-state index is 11.2. The zero-order valence-corrected chi connectivity index (χ0v) is 13.2. The number of aryl methyl sites for hydroxylation is 1. The van der Waals surface area contributed by atoms with Crippen LogP contribution in [0.1, 0.15) is 61.6 Å². The molecule has 1 fully saturated rings. The van der Waals surface area contributed by atoms with Crippen molar-refractivity contribution >= 4 is 0 Å². The fraction of sp³-hybridized carbons (Fsp3) is 0.684. The molecule has 128 valence electrons. The van der Waals surface area contributed by atoms with Gasteiger partial charge in [-0.2, -0.15) is 0 Å². The molecule has 2 aliphatic heterocycles. The van der Waals surface area contributed by atoms with E-state index in [9.17, 15) is 5.11 Å². The maximum Gasteiger partial charge on any atom is 0.161 e. The molecule has 0 radical (unpaired) electrons. The smallest absolute Gasteiger partial charge is 0.161 e. The molecule has 1 N–H and O–H groups in total. The number of methoxy groups -OCH3 is 2. The second kappa shape index (κ2) is 6.70.